The third-order valence-corrected chi connectivity index (χ3v) is 6.99. The Kier molecular flexibility index (Phi) is 6.95. The van der Waals surface area contributed by atoms with Gasteiger partial charge < -0.3 is 9.47 Å². The Morgan fingerprint density at radius 1 is 0.500 bits per heavy atom. The standard InChI is InChI=1S/C32H32O2/c1-4-13-28(14-5-1)32(21-8-3-9-22-32)29-17-19-31(20-18-29)34-25-27-12-10-11-26(23-27)24-33-30-15-6-2-7-16-30/h1-2,4-7,10-20,23H,3,8-9,21-22,24-25H2. The maximum atomic E-state index is 6.15. The third kappa shape index (κ3) is 5.17. The van der Waals surface area contributed by atoms with Crippen LogP contribution in [0.4, 0.5) is 0 Å². The fraction of sp³-hybridized carbons (Fsp3) is 0.250. The quantitative estimate of drug-likeness (QED) is 0.271. The summed E-state index contributed by atoms with van der Waals surface area (Å²) in [7, 11) is 0. The Hall–Kier alpha value is -3.52. The molecule has 0 atom stereocenters. The van der Waals surface area contributed by atoms with E-state index in [0.717, 1.165) is 22.6 Å². The van der Waals surface area contributed by atoms with Crippen molar-refractivity contribution >= 4 is 0 Å². The molecule has 0 saturated heterocycles. The molecule has 1 saturated carbocycles. The zero-order valence-corrected chi connectivity index (χ0v) is 19.7. The van der Waals surface area contributed by atoms with Crippen LogP contribution in [0.1, 0.15) is 54.4 Å². The summed E-state index contributed by atoms with van der Waals surface area (Å²) < 4.78 is 12.0. The Balaban J connectivity index is 1.24. The van der Waals surface area contributed by atoms with Crippen molar-refractivity contribution in [2.45, 2.75) is 50.7 Å². The van der Waals surface area contributed by atoms with Gasteiger partial charge in [0.25, 0.3) is 0 Å². The fourth-order valence-electron chi connectivity index (χ4n) is 5.19. The third-order valence-electron chi connectivity index (χ3n) is 6.99. The van der Waals surface area contributed by atoms with Gasteiger partial charge in [0.05, 0.1) is 0 Å². The molecule has 0 unspecified atom stereocenters. The van der Waals surface area contributed by atoms with Crippen LogP contribution in [0.15, 0.2) is 109 Å². The molecule has 0 spiro atoms. The second-order valence-electron chi connectivity index (χ2n) is 9.24. The van der Waals surface area contributed by atoms with E-state index in [1.807, 2.05) is 30.3 Å². The van der Waals surface area contributed by atoms with Gasteiger partial charge in [0.15, 0.2) is 0 Å². The van der Waals surface area contributed by atoms with Gasteiger partial charge >= 0.3 is 0 Å². The van der Waals surface area contributed by atoms with Gasteiger partial charge in [-0.1, -0.05) is 98.1 Å². The van der Waals surface area contributed by atoms with E-state index in [9.17, 15) is 0 Å². The van der Waals surface area contributed by atoms with E-state index in [1.165, 1.54) is 43.2 Å². The number of para-hydroxylation sites is 1. The molecular weight excluding hydrogens is 416 g/mol. The van der Waals surface area contributed by atoms with Gasteiger partial charge in [-0.2, -0.15) is 0 Å². The first-order chi connectivity index (χ1) is 16.8. The number of benzene rings is 4. The SMILES string of the molecule is c1ccc(OCc2cccc(COc3ccc(C4(c5ccccc5)CCCCC4)cc3)c2)cc1. The lowest BCUT2D eigenvalue weighted by atomic mass is 9.65. The molecule has 0 aliphatic heterocycles. The first kappa shape index (κ1) is 22.3. The summed E-state index contributed by atoms with van der Waals surface area (Å²) in [6, 6.07) is 38.2. The fourth-order valence-corrected chi connectivity index (χ4v) is 5.19. The van der Waals surface area contributed by atoms with Crippen molar-refractivity contribution in [3.8, 4) is 11.5 Å². The average Bonchev–Trinajstić information content (AvgIpc) is 2.93. The van der Waals surface area contributed by atoms with Crippen LogP contribution >= 0.6 is 0 Å². The van der Waals surface area contributed by atoms with Gasteiger partial charge in [0, 0.05) is 5.41 Å². The van der Waals surface area contributed by atoms with Crippen molar-refractivity contribution in [3.63, 3.8) is 0 Å². The molecule has 2 nitrogen and oxygen atoms in total. The van der Waals surface area contributed by atoms with Crippen molar-refractivity contribution < 1.29 is 9.47 Å². The molecule has 5 rings (SSSR count). The van der Waals surface area contributed by atoms with E-state index in [4.69, 9.17) is 9.47 Å². The predicted octanol–water partition coefficient (Wildman–Crippen LogP) is 8.09. The van der Waals surface area contributed by atoms with Crippen LogP contribution in [0.3, 0.4) is 0 Å². The van der Waals surface area contributed by atoms with Gasteiger partial charge in [-0.05, 0) is 65.4 Å². The highest BCUT2D eigenvalue weighted by Gasteiger charge is 2.35. The highest BCUT2D eigenvalue weighted by atomic mass is 16.5. The van der Waals surface area contributed by atoms with E-state index < -0.39 is 0 Å². The first-order valence-electron chi connectivity index (χ1n) is 12.4. The van der Waals surface area contributed by atoms with Crippen molar-refractivity contribution in [1.29, 1.82) is 0 Å². The van der Waals surface area contributed by atoms with Gasteiger partial charge in [0.2, 0.25) is 0 Å². The summed E-state index contributed by atoms with van der Waals surface area (Å²) in [5.41, 5.74) is 5.27. The van der Waals surface area contributed by atoms with Crippen molar-refractivity contribution in [1.82, 2.24) is 0 Å². The Bertz CT molecular complexity index is 1160. The van der Waals surface area contributed by atoms with Crippen LogP contribution in [0, 0.1) is 0 Å². The molecule has 0 N–H and O–H groups in total. The molecule has 172 valence electrons. The normalized spacial score (nSPS) is 14.9. The molecule has 0 radical (unpaired) electrons. The zero-order valence-electron chi connectivity index (χ0n) is 19.7. The van der Waals surface area contributed by atoms with E-state index in [2.05, 4.69) is 78.9 Å². The molecular formula is C32H32O2. The first-order valence-corrected chi connectivity index (χ1v) is 12.4. The Labute approximate surface area is 203 Å². The van der Waals surface area contributed by atoms with Crippen molar-refractivity contribution in [3.05, 3.63) is 131 Å². The molecule has 1 aliphatic rings. The summed E-state index contributed by atoms with van der Waals surface area (Å²) in [5.74, 6) is 1.80. The smallest absolute Gasteiger partial charge is 0.119 e. The zero-order chi connectivity index (χ0) is 23.1. The largest absolute Gasteiger partial charge is 0.489 e. The van der Waals surface area contributed by atoms with Gasteiger partial charge in [0.1, 0.15) is 24.7 Å². The van der Waals surface area contributed by atoms with Crippen LogP contribution < -0.4 is 9.47 Å². The molecule has 4 aromatic carbocycles. The number of rotatable bonds is 8. The summed E-state index contributed by atoms with van der Waals surface area (Å²) in [6.45, 7) is 1.09. The second kappa shape index (κ2) is 10.6. The minimum Gasteiger partial charge on any atom is -0.489 e. The highest BCUT2D eigenvalue weighted by molar-refractivity contribution is 5.42. The van der Waals surface area contributed by atoms with E-state index in [0.29, 0.717) is 13.2 Å². The lowest BCUT2D eigenvalue weighted by Gasteiger charge is -2.38. The highest BCUT2D eigenvalue weighted by Crippen LogP contribution is 2.45. The molecule has 1 fully saturated rings. The lowest BCUT2D eigenvalue weighted by Crippen LogP contribution is -2.30. The number of ether oxygens (including phenoxy) is 2. The molecule has 4 aromatic rings. The molecule has 0 bridgehead atoms. The van der Waals surface area contributed by atoms with Crippen molar-refractivity contribution in [2.24, 2.45) is 0 Å². The lowest BCUT2D eigenvalue weighted by molar-refractivity contribution is 0.299. The van der Waals surface area contributed by atoms with Crippen molar-refractivity contribution in [2.75, 3.05) is 0 Å². The van der Waals surface area contributed by atoms with Crippen LogP contribution in [0.5, 0.6) is 11.5 Å². The number of hydrogen-bond donors (Lipinski definition) is 0. The summed E-state index contributed by atoms with van der Waals surface area (Å²) in [4.78, 5) is 0. The molecule has 0 heterocycles. The topological polar surface area (TPSA) is 18.5 Å². The predicted molar refractivity (Wildman–Crippen MR) is 138 cm³/mol. The molecule has 1 aliphatic carbocycles. The summed E-state index contributed by atoms with van der Waals surface area (Å²) in [6.07, 6.45) is 6.35. The molecule has 2 heteroatoms. The molecule has 0 amide bonds. The second-order valence-corrected chi connectivity index (χ2v) is 9.24. The summed E-state index contributed by atoms with van der Waals surface area (Å²) >= 11 is 0. The number of hydrogen-bond acceptors (Lipinski definition) is 2. The average molecular weight is 449 g/mol. The summed E-state index contributed by atoms with van der Waals surface area (Å²) in [5, 5.41) is 0. The monoisotopic (exact) mass is 448 g/mol. The maximum Gasteiger partial charge on any atom is 0.119 e. The van der Waals surface area contributed by atoms with Gasteiger partial charge in [-0.15, -0.1) is 0 Å². The van der Waals surface area contributed by atoms with Gasteiger partial charge in [-0.25, -0.2) is 0 Å². The van der Waals surface area contributed by atoms with Crippen LogP contribution in [0.25, 0.3) is 0 Å². The van der Waals surface area contributed by atoms with E-state index >= 15 is 0 Å². The molecule has 0 aromatic heterocycles. The maximum absolute atomic E-state index is 6.15. The van der Waals surface area contributed by atoms with E-state index in [-0.39, 0.29) is 5.41 Å². The van der Waals surface area contributed by atoms with E-state index in [1.54, 1.807) is 0 Å². The van der Waals surface area contributed by atoms with Crippen LogP contribution in [-0.4, -0.2) is 0 Å². The van der Waals surface area contributed by atoms with Crippen LogP contribution in [0.2, 0.25) is 0 Å². The van der Waals surface area contributed by atoms with Crippen LogP contribution in [-0.2, 0) is 18.6 Å². The minimum absolute atomic E-state index is 0.130. The molecule has 34 heavy (non-hydrogen) atoms. The van der Waals surface area contributed by atoms with Gasteiger partial charge in [-0.3, -0.25) is 0 Å². The minimum atomic E-state index is 0.130. The Morgan fingerprint density at radius 3 is 1.65 bits per heavy atom. The Morgan fingerprint density at radius 2 is 1.03 bits per heavy atom.